The number of carbonyl (C=O) groups excluding carboxylic acids is 1. The van der Waals surface area contributed by atoms with Crippen LogP contribution in [0.3, 0.4) is 0 Å². The maximum Gasteiger partial charge on any atom is 0.323 e. The first kappa shape index (κ1) is 21.1. The van der Waals surface area contributed by atoms with Crippen molar-refractivity contribution in [3.05, 3.63) is 48.3 Å². The molecule has 1 saturated heterocycles. The SMILES string of the molecule is CCS(=O)(=O)N1CCN(Cc2cc(F)cc(NC(=O)Nc3cncnc3)c2)CC1. The van der Waals surface area contributed by atoms with Crippen LogP contribution in [0.25, 0.3) is 0 Å². The Labute approximate surface area is 169 Å². The first-order chi connectivity index (χ1) is 13.9. The summed E-state index contributed by atoms with van der Waals surface area (Å²) in [5.41, 5.74) is 1.43. The highest BCUT2D eigenvalue weighted by molar-refractivity contribution is 7.89. The number of urea groups is 1. The number of hydrogen-bond donors (Lipinski definition) is 2. The lowest BCUT2D eigenvalue weighted by molar-refractivity contribution is 0.181. The molecule has 0 aliphatic carbocycles. The Balaban J connectivity index is 1.59. The molecule has 3 rings (SSSR count). The number of nitrogens with one attached hydrogen (secondary N) is 2. The van der Waals surface area contributed by atoms with Crippen LogP contribution < -0.4 is 10.6 Å². The monoisotopic (exact) mass is 422 g/mol. The van der Waals surface area contributed by atoms with Crippen molar-refractivity contribution in [3.63, 3.8) is 0 Å². The van der Waals surface area contributed by atoms with Crippen LogP contribution in [0.4, 0.5) is 20.6 Å². The van der Waals surface area contributed by atoms with Crippen molar-refractivity contribution in [2.45, 2.75) is 13.5 Å². The summed E-state index contributed by atoms with van der Waals surface area (Å²) in [6.45, 7) is 4.04. The molecule has 1 aromatic carbocycles. The van der Waals surface area contributed by atoms with Crippen LogP contribution in [0.2, 0.25) is 0 Å². The largest absolute Gasteiger partial charge is 0.323 e. The van der Waals surface area contributed by atoms with Crippen molar-refractivity contribution in [2.75, 3.05) is 42.6 Å². The third-order valence-corrected chi connectivity index (χ3v) is 6.41. The fourth-order valence-electron chi connectivity index (χ4n) is 3.08. The first-order valence-corrected chi connectivity index (χ1v) is 10.8. The molecule has 0 spiro atoms. The van der Waals surface area contributed by atoms with Crippen molar-refractivity contribution in [1.29, 1.82) is 0 Å². The first-order valence-electron chi connectivity index (χ1n) is 9.18. The van der Waals surface area contributed by atoms with Gasteiger partial charge in [0.05, 0.1) is 23.8 Å². The van der Waals surface area contributed by atoms with E-state index in [1.54, 1.807) is 13.0 Å². The van der Waals surface area contributed by atoms with Crippen LogP contribution >= 0.6 is 0 Å². The molecule has 29 heavy (non-hydrogen) atoms. The van der Waals surface area contributed by atoms with Gasteiger partial charge in [-0.3, -0.25) is 4.90 Å². The van der Waals surface area contributed by atoms with E-state index in [2.05, 4.69) is 25.5 Å². The maximum absolute atomic E-state index is 14.0. The molecular weight excluding hydrogens is 399 g/mol. The molecule has 2 aromatic rings. The van der Waals surface area contributed by atoms with Gasteiger partial charge in [-0.25, -0.2) is 27.6 Å². The molecule has 0 atom stereocenters. The Kier molecular flexibility index (Phi) is 6.72. The summed E-state index contributed by atoms with van der Waals surface area (Å²) in [6.07, 6.45) is 4.24. The summed E-state index contributed by atoms with van der Waals surface area (Å²) < 4.78 is 39.4. The zero-order valence-electron chi connectivity index (χ0n) is 16.0. The van der Waals surface area contributed by atoms with Gasteiger partial charge >= 0.3 is 6.03 Å². The van der Waals surface area contributed by atoms with Gasteiger partial charge in [0, 0.05) is 38.4 Å². The van der Waals surface area contributed by atoms with Gasteiger partial charge in [0.15, 0.2) is 0 Å². The predicted octanol–water partition coefficient (Wildman–Crippen LogP) is 1.73. The van der Waals surface area contributed by atoms with Gasteiger partial charge in [-0.15, -0.1) is 0 Å². The normalized spacial score (nSPS) is 15.8. The molecule has 1 fully saturated rings. The Bertz CT molecular complexity index is 949. The molecule has 1 aliphatic rings. The zero-order chi connectivity index (χ0) is 20.9. The molecule has 1 aliphatic heterocycles. The number of anilines is 2. The van der Waals surface area contributed by atoms with E-state index in [4.69, 9.17) is 0 Å². The zero-order valence-corrected chi connectivity index (χ0v) is 16.8. The Morgan fingerprint density at radius 2 is 1.72 bits per heavy atom. The predicted molar refractivity (Wildman–Crippen MR) is 107 cm³/mol. The van der Waals surface area contributed by atoms with Crippen LogP contribution in [0.5, 0.6) is 0 Å². The average molecular weight is 422 g/mol. The quantitative estimate of drug-likeness (QED) is 0.734. The molecule has 0 saturated carbocycles. The van der Waals surface area contributed by atoms with Crippen LogP contribution in [-0.4, -0.2) is 65.6 Å². The minimum Gasteiger partial charge on any atom is -0.308 e. The van der Waals surface area contributed by atoms with E-state index < -0.39 is 21.9 Å². The number of rotatable bonds is 6. The molecule has 156 valence electrons. The fraction of sp³-hybridized carbons (Fsp3) is 0.389. The number of halogens is 1. The molecule has 0 bridgehead atoms. The molecule has 0 unspecified atom stereocenters. The lowest BCUT2D eigenvalue weighted by Crippen LogP contribution is -2.48. The molecule has 1 aromatic heterocycles. The van der Waals surface area contributed by atoms with E-state index in [0.29, 0.717) is 49.7 Å². The van der Waals surface area contributed by atoms with E-state index >= 15 is 0 Å². The maximum atomic E-state index is 14.0. The summed E-state index contributed by atoms with van der Waals surface area (Å²) in [6, 6.07) is 3.80. The highest BCUT2D eigenvalue weighted by Gasteiger charge is 2.25. The molecule has 11 heteroatoms. The van der Waals surface area contributed by atoms with Gasteiger partial charge in [-0.1, -0.05) is 0 Å². The van der Waals surface area contributed by atoms with Crippen molar-refractivity contribution < 1.29 is 17.6 Å². The van der Waals surface area contributed by atoms with Crippen molar-refractivity contribution in [1.82, 2.24) is 19.2 Å². The second-order valence-corrected chi connectivity index (χ2v) is 8.89. The van der Waals surface area contributed by atoms with Gasteiger partial charge in [0.25, 0.3) is 0 Å². The lowest BCUT2D eigenvalue weighted by atomic mass is 10.1. The number of piperazine rings is 1. The average Bonchev–Trinajstić information content (AvgIpc) is 2.68. The van der Waals surface area contributed by atoms with E-state index in [1.807, 2.05) is 0 Å². The fourth-order valence-corrected chi connectivity index (χ4v) is 4.16. The number of hydrogen-bond acceptors (Lipinski definition) is 6. The number of benzene rings is 1. The molecule has 0 radical (unpaired) electrons. The number of aromatic nitrogens is 2. The minimum atomic E-state index is -3.19. The van der Waals surface area contributed by atoms with Gasteiger partial charge in [0.2, 0.25) is 10.0 Å². The second-order valence-electron chi connectivity index (χ2n) is 6.63. The van der Waals surface area contributed by atoms with Crippen molar-refractivity contribution in [2.24, 2.45) is 0 Å². The summed E-state index contributed by atoms with van der Waals surface area (Å²) in [7, 11) is -3.19. The molecule has 2 heterocycles. The van der Waals surface area contributed by atoms with E-state index in [1.165, 1.54) is 35.2 Å². The van der Waals surface area contributed by atoms with Crippen LogP contribution in [0.1, 0.15) is 12.5 Å². The number of nitrogens with zero attached hydrogens (tertiary/aromatic N) is 4. The Morgan fingerprint density at radius 3 is 2.38 bits per heavy atom. The third kappa shape index (κ3) is 5.92. The highest BCUT2D eigenvalue weighted by atomic mass is 32.2. The van der Waals surface area contributed by atoms with Gasteiger partial charge in [0.1, 0.15) is 12.1 Å². The standard InChI is InChI=1S/C18H23FN6O3S/c1-2-29(27,28)25-5-3-24(4-6-25)12-14-7-15(19)9-16(8-14)22-18(26)23-17-10-20-13-21-11-17/h7-11,13H,2-6,12H2,1H3,(H2,22,23,26). The number of carbonyl (C=O) groups is 1. The number of sulfonamides is 1. The van der Waals surface area contributed by atoms with E-state index in [9.17, 15) is 17.6 Å². The van der Waals surface area contributed by atoms with Gasteiger partial charge in [-0.2, -0.15) is 4.31 Å². The van der Waals surface area contributed by atoms with Crippen LogP contribution in [0, 0.1) is 5.82 Å². The summed E-state index contributed by atoms with van der Waals surface area (Å²) in [5, 5.41) is 5.16. The molecule has 2 amide bonds. The number of amides is 2. The molecule has 9 nitrogen and oxygen atoms in total. The topological polar surface area (TPSA) is 108 Å². The van der Waals surface area contributed by atoms with Gasteiger partial charge in [-0.05, 0) is 30.7 Å². The Hall–Kier alpha value is -2.63. The highest BCUT2D eigenvalue weighted by Crippen LogP contribution is 2.18. The summed E-state index contributed by atoms with van der Waals surface area (Å²) in [5.74, 6) is -0.378. The minimum absolute atomic E-state index is 0.0864. The molecular formula is C18H23FN6O3S. The Morgan fingerprint density at radius 1 is 1.07 bits per heavy atom. The van der Waals surface area contributed by atoms with Crippen molar-refractivity contribution in [3.8, 4) is 0 Å². The van der Waals surface area contributed by atoms with Crippen LogP contribution in [-0.2, 0) is 16.6 Å². The second kappa shape index (κ2) is 9.25. The lowest BCUT2D eigenvalue weighted by Gasteiger charge is -2.33. The molecule has 2 N–H and O–H groups in total. The summed E-state index contributed by atoms with van der Waals surface area (Å²) >= 11 is 0. The van der Waals surface area contributed by atoms with E-state index in [-0.39, 0.29) is 5.75 Å². The smallest absolute Gasteiger partial charge is 0.308 e. The third-order valence-electron chi connectivity index (χ3n) is 4.53. The van der Waals surface area contributed by atoms with Gasteiger partial charge < -0.3 is 10.6 Å². The van der Waals surface area contributed by atoms with Crippen molar-refractivity contribution >= 4 is 27.4 Å². The van der Waals surface area contributed by atoms with E-state index in [0.717, 1.165) is 0 Å². The van der Waals surface area contributed by atoms with Crippen LogP contribution in [0.15, 0.2) is 36.9 Å². The summed E-state index contributed by atoms with van der Waals surface area (Å²) in [4.78, 5) is 21.7.